The van der Waals surface area contributed by atoms with Crippen LogP contribution in [0.3, 0.4) is 0 Å². The van der Waals surface area contributed by atoms with Gasteiger partial charge in [-0.1, -0.05) is 73.4 Å². The van der Waals surface area contributed by atoms with E-state index in [9.17, 15) is 64.2 Å². The molecule has 0 fully saturated rings. The van der Waals surface area contributed by atoms with E-state index in [4.69, 9.17) is 49.8 Å². The molecule has 0 saturated heterocycles. The van der Waals surface area contributed by atoms with Crippen molar-refractivity contribution in [3.05, 3.63) is 111 Å². The number of primary sulfonamides is 2. The number of hydrogen-bond donors (Lipinski definition) is 9. The van der Waals surface area contributed by atoms with Gasteiger partial charge >= 0.3 is 36.7 Å². The predicted octanol–water partition coefficient (Wildman–Crippen LogP) is 4.32. The summed E-state index contributed by atoms with van der Waals surface area (Å²) in [4.78, 5) is 50.8. The molecule has 2 atom stereocenters. The first-order chi connectivity index (χ1) is 39.9. The van der Waals surface area contributed by atoms with Gasteiger partial charge in [0.1, 0.15) is 0 Å². The van der Waals surface area contributed by atoms with Crippen molar-refractivity contribution in [3.63, 3.8) is 0 Å². The Labute approximate surface area is 538 Å². The van der Waals surface area contributed by atoms with Crippen LogP contribution in [0.15, 0.2) is 93.9 Å². The number of carbonyl (C=O) groups excluding carboxylic acids is 2. The van der Waals surface area contributed by atoms with E-state index in [-0.39, 0.29) is 83.2 Å². The number of Topliss-reactive ketones (excluding diaryl/α,β-unsaturated/α-hetero) is 1. The fourth-order valence-electron chi connectivity index (χ4n) is 5.01. The third-order valence-corrected chi connectivity index (χ3v) is 15.5. The number of alkyl halides is 1. The fourth-order valence-corrected chi connectivity index (χ4v) is 10.4. The first-order valence-corrected chi connectivity index (χ1v) is 38.6. The molecule has 0 saturated carbocycles. The number of imidazole rings is 2. The molecule has 0 bridgehead atoms. The first-order valence-electron chi connectivity index (χ1n) is 21.8. The van der Waals surface area contributed by atoms with E-state index in [1.807, 2.05) is 21.6 Å². The number of carbonyl (C=O) groups is 2. The number of ketones is 1. The van der Waals surface area contributed by atoms with Gasteiger partial charge in [-0.15, -0.1) is 43.0 Å². The number of sulfonamides is 2. The van der Waals surface area contributed by atoms with Gasteiger partial charge in [0.15, 0.2) is 5.78 Å². The molecule has 13 N–H and O–H groups in total. The van der Waals surface area contributed by atoms with Gasteiger partial charge < -0.3 is 36.1 Å². The second-order valence-corrected chi connectivity index (χ2v) is 27.8. The second kappa shape index (κ2) is 39.2. The molecule has 6 aromatic heterocycles. The average Bonchev–Trinajstić information content (AvgIpc) is 2.44. The number of anilines is 5. The number of benzene rings is 3. The van der Waals surface area contributed by atoms with Crippen molar-refractivity contribution < 1.29 is 64.0 Å². The fraction of sp³-hybridized carbons (Fsp3) is 0.158. The van der Waals surface area contributed by atoms with Crippen LogP contribution in [0.25, 0.3) is 32.4 Å². The molecule has 9 rings (SSSR count). The van der Waals surface area contributed by atoms with E-state index in [1.165, 1.54) is 58.5 Å². The Morgan fingerprint density at radius 3 is 1.37 bits per heavy atom. The topological polar surface area (TPSA) is 562 Å². The van der Waals surface area contributed by atoms with E-state index < -0.39 is 71.3 Å². The van der Waals surface area contributed by atoms with Gasteiger partial charge in [0.25, 0.3) is 31.4 Å². The van der Waals surface area contributed by atoms with Gasteiger partial charge in [-0.25, -0.2) is 46.1 Å². The predicted molar refractivity (Wildman–Crippen MR) is 331 cm³/mol. The summed E-state index contributed by atoms with van der Waals surface area (Å²) < 4.78 is 91.2. The second-order valence-electron chi connectivity index (χ2n) is 14.2. The molecule has 1 amide bonds. The maximum atomic E-state index is 11.2. The summed E-state index contributed by atoms with van der Waals surface area (Å²) in [5.74, 6) is -0.374. The van der Waals surface area contributed by atoms with Crippen molar-refractivity contribution in [1.82, 2.24) is 49.6 Å². The minimum atomic E-state index is -3.86. The van der Waals surface area contributed by atoms with E-state index in [0.717, 1.165) is 50.9 Å². The summed E-state index contributed by atoms with van der Waals surface area (Å²) in [6.07, 6.45) is 3.17. The maximum absolute atomic E-state index is 11.2. The number of non-ortho nitro benzene ring substituents is 2. The molecule has 2 radical (unpaired) electrons. The molecule has 0 spiro atoms. The number of nitrogens with one attached hydrogen (secondary N) is 3. The number of nitro benzene ring substituents is 2. The number of nitrogens with two attached hydrogens (primary N) is 4. The van der Waals surface area contributed by atoms with Crippen LogP contribution in [0.4, 0.5) is 37.6 Å². The summed E-state index contributed by atoms with van der Waals surface area (Å²) in [6.45, 7) is 5.18. The van der Waals surface area contributed by atoms with Crippen molar-refractivity contribution >= 4 is 212 Å². The molecule has 0 aliphatic rings. The third-order valence-electron chi connectivity index (χ3n) is 8.13. The number of halogens is 4. The van der Waals surface area contributed by atoms with Crippen molar-refractivity contribution in [2.24, 2.45) is 10.3 Å². The molecule has 468 valence electrons. The number of nitrogen functional groups attached to an aromatic ring is 2. The molecule has 3 aromatic carbocycles. The van der Waals surface area contributed by atoms with Crippen molar-refractivity contribution in [1.29, 1.82) is 0 Å². The van der Waals surface area contributed by atoms with Gasteiger partial charge in [0.05, 0.1) is 39.0 Å². The van der Waals surface area contributed by atoms with Crippen LogP contribution < -0.4 is 36.5 Å². The van der Waals surface area contributed by atoms with Crippen molar-refractivity contribution in [2.45, 2.75) is 29.5 Å². The van der Waals surface area contributed by atoms with Gasteiger partial charge in [0.2, 0.25) is 45.0 Å². The third kappa shape index (κ3) is 28.4. The molecule has 9 aromatic rings. The first kappa shape index (κ1) is 78.2. The molecule has 86 heavy (non-hydrogen) atoms. The van der Waals surface area contributed by atoms with E-state index in [2.05, 4.69) is 61.8 Å². The zero-order valence-electron chi connectivity index (χ0n) is 43.3. The number of hydrogen-bond acceptors (Lipinski definition) is 30. The molecule has 0 aliphatic heterocycles. The Hall–Kier alpha value is -5.77. The van der Waals surface area contributed by atoms with Crippen LogP contribution in [-0.4, -0.2) is 153 Å². The van der Waals surface area contributed by atoms with Crippen LogP contribution in [0, 0.1) is 20.2 Å². The molecular formula is C38H43BrCl3N19O16S8Sn-2. The van der Waals surface area contributed by atoms with Gasteiger partial charge in [-0.05, 0) is 50.2 Å². The Balaban J connectivity index is 0.000000528. The number of nitrogens with zero attached hydrogens (tertiary/aromatic N) is 12. The van der Waals surface area contributed by atoms with Crippen molar-refractivity contribution in [3.8, 4) is 22.5 Å². The van der Waals surface area contributed by atoms with Gasteiger partial charge in [-0.3, -0.25) is 47.7 Å². The quantitative estimate of drug-likeness (QED) is 0.0148. The number of fused-ring (bicyclic) bond motifs is 2. The van der Waals surface area contributed by atoms with Crippen LogP contribution in [-0.2, 0) is 47.4 Å². The van der Waals surface area contributed by atoms with E-state index in [0.29, 0.717) is 38.1 Å². The van der Waals surface area contributed by atoms with Crippen LogP contribution in [0.1, 0.15) is 31.1 Å². The number of amides is 1. The van der Waals surface area contributed by atoms with E-state index in [1.54, 1.807) is 44.3 Å². The molecular weight excluding hydrogens is 1540 g/mol. The summed E-state index contributed by atoms with van der Waals surface area (Å²) in [7, 11) is 2.22. The molecule has 0 aliphatic carbocycles. The molecule has 35 nitrogen and oxygen atoms in total. The standard InChI is InChI=1S/C10H7N5O4S2.C10H9N5O2S2.C8H6BrNO3.C4H6N4O3S2.C2H4N4O2S2.2C2H6O.3ClH.Sn/c11-21(18,19)10-13-14-5-8(12-9(14)20-10)6-1-3-7(4-2-6)15(16)17;11-7-3-1-6(2-4-7)8-5-15-9(13-8)18-10(14-15)19(12,16)17;9-5-8(11)6-1-3-7(4-2-6)10(12)13;1-2(9)5-3-6-7-4(12-3)8-13(10)11;3-1-4-5-2(9-1)6-10(7)8;2*1-2-3;;;;/h1-5H,(H2,11,18,19);1-5H,11H2,(H2,12,16,17);1-4H,5H2;1H3,(H,7,8)(H,10,11)(H,5,6,9);(H2,3,4)(H,5,6)(H,7,8);2*3H,2H2,1H3;3*1H;/q;;;;;;;;;;+2/p-4. The molecule has 6 heterocycles. The SMILES string of the molecule is CC(=O)Nc1nnc(NS(=O)[O-])s1.CCO.CCO.Cl.NS(=O)(=O)c1nn2cc(-c3ccc([N+](=O)[O-])cc3)nc2s1.Nc1ccc(-c2cn3nc(S(N)(=O)=O)sc3n2)cc1.Nc1nnc(NS(=O)[O-])s1.O=C(CBr)c1ccc([N+](=O)[O-])cc1.[Cl][Sn][Cl]. The zero-order valence-corrected chi connectivity index (χ0v) is 56.6. The monoisotopic (exact) mass is 1580 g/mol. The zero-order chi connectivity index (χ0) is 64.2. The Bertz CT molecular complexity index is 3790. The number of nitro groups is 2. The van der Waals surface area contributed by atoms with Crippen LogP contribution in [0.2, 0.25) is 0 Å². The minimum absolute atomic E-state index is 0. The summed E-state index contributed by atoms with van der Waals surface area (Å²) in [6, 6.07) is 18.6. The summed E-state index contributed by atoms with van der Waals surface area (Å²) >= 11 is 1.09. The number of aliphatic hydroxyl groups excluding tert-OH is 2. The summed E-state index contributed by atoms with van der Waals surface area (Å²) in [5.41, 5.74) is 14.7. The molecule has 2 unspecified atom stereocenters. The van der Waals surface area contributed by atoms with E-state index >= 15 is 0 Å². The summed E-state index contributed by atoms with van der Waals surface area (Å²) in [5, 5.41) is 70.8. The number of rotatable bonds is 13. The van der Waals surface area contributed by atoms with Crippen molar-refractivity contribution in [2.75, 3.05) is 44.8 Å². The Morgan fingerprint density at radius 1 is 0.686 bits per heavy atom. The normalized spacial score (nSPS) is 11.0. The Morgan fingerprint density at radius 2 is 1.05 bits per heavy atom. The number of aliphatic hydroxyl groups is 2. The van der Waals surface area contributed by atoms with Gasteiger partial charge in [0, 0.05) is 89.3 Å². The van der Waals surface area contributed by atoms with Gasteiger partial charge in [-0.2, -0.15) is 0 Å². The number of aromatic nitrogens is 10. The van der Waals surface area contributed by atoms with Crippen LogP contribution >= 0.6 is 91.5 Å². The average molecular weight is 1580 g/mol. The van der Waals surface area contributed by atoms with Crippen LogP contribution in [0.5, 0.6) is 0 Å². The Kier molecular flexibility index (Phi) is 35.7. The molecule has 48 heteroatoms.